The molecule has 0 radical (unpaired) electrons. The number of aryl methyl sites for hydroxylation is 3. The largest absolute Gasteiger partial charge is 0.315 e. The average molecular weight is 821 g/mol. The molecule has 0 fully saturated rings. The number of benzene rings is 7. The van der Waals surface area contributed by atoms with E-state index in [1.54, 1.807) is 0 Å². The van der Waals surface area contributed by atoms with Crippen molar-refractivity contribution in [1.82, 2.24) is 0 Å². The summed E-state index contributed by atoms with van der Waals surface area (Å²) < 4.78 is 0. The lowest BCUT2D eigenvalue weighted by molar-refractivity contribution is 0.692. The van der Waals surface area contributed by atoms with Crippen molar-refractivity contribution in [3.8, 4) is 0 Å². The first-order valence-corrected chi connectivity index (χ1v) is 21.8. The van der Waals surface area contributed by atoms with Crippen LogP contribution in [0.5, 0.6) is 0 Å². The van der Waals surface area contributed by atoms with Gasteiger partial charge in [-0.15, -0.1) is 0 Å². The zero-order valence-electron chi connectivity index (χ0n) is 37.1. The van der Waals surface area contributed by atoms with Crippen LogP contribution in [0.1, 0.15) is 37.0 Å². The second-order valence-electron chi connectivity index (χ2n) is 16.4. The highest BCUT2D eigenvalue weighted by Gasteiger charge is 2.21. The molecule has 7 aromatic carbocycles. The van der Waals surface area contributed by atoms with Crippen molar-refractivity contribution < 1.29 is 0 Å². The lowest BCUT2D eigenvalue weighted by Crippen LogP contribution is -2.23. The SMILES string of the molecule is C=C/C(=C\C=C(/C)N(c1ccc(N(c2ccccc2)c2cccc(C)c2)cc1)c1ccc(N(c2ccccc2)c2cccc(C)c2)cc1)N(C1=CC=CC(C)C1)c1cccc(C)c1. The molecule has 4 nitrogen and oxygen atoms in total. The molecule has 0 bridgehead atoms. The summed E-state index contributed by atoms with van der Waals surface area (Å²) in [5.41, 5.74) is 16.8. The van der Waals surface area contributed by atoms with Gasteiger partial charge in [-0.1, -0.05) is 98.5 Å². The maximum atomic E-state index is 4.34. The van der Waals surface area contributed by atoms with Gasteiger partial charge in [-0.2, -0.15) is 0 Å². The number of anilines is 9. The van der Waals surface area contributed by atoms with Crippen LogP contribution in [-0.4, -0.2) is 0 Å². The predicted molar refractivity (Wildman–Crippen MR) is 271 cm³/mol. The summed E-state index contributed by atoms with van der Waals surface area (Å²) in [6.07, 6.45) is 14.0. The van der Waals surface area contributed by atoms with E-state index in [1.165, 1.54) is 22.4 Å². The zero-order chi connectivity index (χ0) is 43.7. The van der Waals surface area contributed by atoms with Crippen molar-refractivity contribution in [2.75, 3.05) is 19.6 Å². The quantitative estimate of drug-likeness (QED) is 0.101. The Morgan fingerprint density at radius 3 is 1.33 bits per heavy atom. The van der Waals surface area contributed by atoms with Crippen molar-refractivity contribution in [3.63, 3.8) is 0 Å². The first-order chi connectivity index (χ1) is 30.7. The number of allylic oxidation sites excluding steroid dienone is 8. The van der Waals surface area contributed by atoms with Crippen molar-refractivity contribution in [2.45, 2.75) is 41.0 Å². The molecule has 0 aromatic heterocycles. The Morgan fingerprint density at radius 2 is 0.889 bits per heavy atom. The summed E-state index contributed by atoms with van der Waals surface area (Å²) in [6.45, 7) is 15.2. The Morgan fingerprint density at radius 1 is 0.476 bits per heavy atom. The molecule has 0 saturated carbocycles. The molecule has 1 aliphatic rings. The van der Waals surface area contributed by atoms with Crippen molar-refractivity contribution >= 4 is 51.2 Å². The van der Waals surface area contributed by atoms with Gasteiger partial charge in [0, 0.05) is 68.3 Å². The van der Waals surface area contributed by atoms with E-state index in [1.807, 2.05) is 6.08 Å². The van der Waals surface area contributed by atoms with E-state index in [9.17, 15) is 0 Å². The van der Waals surface area contributed by atoms with Crippen LogP contribution in [0.25, 0.3) is 0 Å². The van der Waals surface area contributed by atoms with Crippen LogP contribution < -0.4 is 19.6 Å². The maximum Gasteiger partial charge on any atom is 0.0464 e. The van der Waals surface area contributed by atoms with Gasteiger partial charge >= 0.3 is 0 Å². The van der Waals surface area contributed by atoms with Crippen LogP contribution in [0.2, 0.25) is 0 Å². The van der Waals surface area contributed by atoms with Crippen molar-refractivity contribution in [3.05, 3.63) is 259 Å². The predicted octanol–water partition coefficient (Wildman–Crippen LogP) is 16.6. The van der Waals surface area contributed by atoms with Crippen LogP contribution in [0, 0.1) is 26.7 Å². The number of para-hydroxylation sites is 2. The molecule has 312 valence electrons. The molecule has 0 N–H and O–H groups in total. The van der Waals surface area contributed by atoms with Gasteiger partial charge in [0.2, 0.25) is 0 Å². The molecule has 1 aliphatic carbocycles. The number of rotatable bonds is 14. The first-order valence-electron chi connectivity index (χ1n) is 21.8. The van der Waals surface area contributed by atoms with Gasteiger partial charge in [-0.25, -0.2) is 0 Å². The summed E-state index contributed by atoms with van der Waals surface area (Å²) in [7, 11) is 0. The fraction of sp³-hybridized carbons (Fsp3) is 0.119. The molecule has 1 unspecified atom stereocenters. The highest BCUT2D eigenvalue weighted by Crippen LogP contribution is 2.40. The second-order valence-corrected chi connectivity index (χ2v) is 16.4. The third-order valence-electron chi connectivity index (χ3n) is 11.4. The van der Waals surface area contributed by atoms with E-state index < -0.39 is 0 Å². The standard InChI is InChI=1S/C59H56N4/c1-7-49(61(56-26-14-18-44(2)40-56)57-27-15-19-45(3)41-57)31-30-48(6)60(52-32-36-54(37-33-52)62(50-22-10-8-11-23-50)58-28-16-20-46(4)42-58)53-34-38-55(39-35-53)63(51-24-12-9-13-25-51)59-29-17-21-47(5)43-59/h7-40,42-43,45H,1,41H2,2-6H3/b48-30+,49-31+. The Labute approximate surface area is 375 Å². The first kappa shape index (κ1) is 42.1. The van der Waals surface area contributed by atoms with Gasteiger partial charge in [0.15, 0.2) is 0 Å². The molecule has 0 amide bonds. The molecular weight excluding hydrogens is 765 g/mol. The molecule has 0 heterocycles. The molecule has 8 rings (SSSR count). The Kier molecular flexibility index (Phi) is 13.0. The van der Waals surface area contributed by atoms with E-state index in [2.05, 4.69) is 273 Å². The summed E-state index contributed by atoms with van der Waals surface area (Å²) in [5.74, 6) is 0.439. The summed E-state index contributed by atoms with van der Waals surface area (Å²) in [5, 5.41) is 0. The zero-order valence-corrected chi connectivity index (χ0v) is 37.1. The van der Waals surface area contributed by atoms with Gasteiger partial charge < -0.3 is 19.6 Å². The normalized spacial score (nSPS) is 13.9. The minimum atomic E-state index is 0.439. The number of hydrogen-bond donors (Lipinski definition) is 0. The van der Waals surface area contributed by atoms with E-state index in [4.69, 9.17) is 0 Å². The minimum Gasteiger partial charge on any atom is -0.315 e. The van der Waals surface area contributed by atoms with Crippen molar-refractivity contribution in [2.24, 2.45) is 5.92 Å². The van der Waals surface area contributed by atoms with Gasteiger partial charge in [0.25, 0.3) is 0 Å². The molecule has 1 atom stereocenters. The highest BCUT2D eigenvalue weighted by atomic mass is 15.2. The Balaban J connectivity index is 1.23. The fourth-order valence-corrected chi connectivity index (χ4v) is 8.39. The monoisotopic (exact) mass is 820 g/mol. The molecule has 7 aromatic rings. The molecule has 0 aliphatic heterocycles. The molecule has 0 saturated heterocycles. The lowest BCUT2D eigenvalue weighted by Gasteiger charge is -2.31. The van der Waals surface area contributed by atoms with E-state index in [0.29, 0.717) is 5.92 Å². The van der Waals surface area contributed by atoms with Gasteiger partial charge in [-0.3, -0.25) is 0 Å². The van der Waals surface area contributed by atoms with Crippen LogP contribution in [0.15, 0.2) is 242 Å². The van der Waals surface area contributed by atoms with E-state index in [0.717, 1.165) is 69.0 Å². The van der Waals surface area contributed by atoms with Gasteiger partial charge in [0.05, 0.1) is 0 Å². The van der Waals surface area contributed by atoms with E-state index in [-0.39, 0.29) is 0 Å². The number of hydrogen-bond acceptors (Lipinski definition) is 4. The highest BCUT2D eigenvalue weighted by molar-refractivity contribution is 5.81. The van der Waals surface area contributed by atoms with Crippen LogP contribution >= 0.6 is 0 Å². The topological polar surface area (TPSA) is 13.0 Å². The summed E-state index contributed by atoms with van der Waals surface area (Å²) in [4.78, 5) is 9.32. The van der Waals surface area contributed by atoms with Crippen LogP contribution in [-0.2, 0) is 0 Å². The van der Waals surface area contributed by atoms with Gasteiger partial charge in [0.1, 0.15) is 0 Å². The lowest BCUT2D eigenvalue weighted by atomic mass is 9.98. The van der Waals surface area contributed by atoms with E-state index >= 15 is 0 Å². The third-order valence-corrected chi connectivity index (χ3v) is 11.4. The Hall–Kier alpha value is -7.56. The molecule has 63 heavy (non-hydrogen) atoms. The maximum absolute atomic E-state index is 4.34. The fourth-order valence-electron chi connectivity index (χ4n) is 8.39. The average Bonchev–Trinajstić information content (AvgIpc) is 3.30. The summed E-state index contributed by atoms with van der Waals surface area (Å²) in [6, 6.07) is 65.0. The summed E-state index contributed by atoms with van der Waals surface area (Å²) >= 11 is 0. The second kappa shape index (κ2) is 19.4. The third kappa shape index (κ3) is 9.82. The number of nitrogens with zero attached hydrogens (tertiary/aromatic N) is 4. The van der Waals surface area contributed by atoms with Gasteiger partial charge in [-0.05, 0) is 190 Å². The van der Waals surface area contributed by atoms with Crippen LogP contribution in [0.3, 0.4) is 0 Å². The molecule has 4 heteroatoms. The van der Waals surface area contributed by atoms with Crippen molar-refractivity contribution in [1.29, 1.82) is 0 Å². The minimum absolute atomic E-state index is 0.439. The van der Waals surface area contributed by atoms with Crippen LogP contribution in [0.4, 0.5) is 51.2 Å². The molecular formula is C59H56N4. The Bertz CT molecular complexity index is 2650. The molecule has 0 spiro atoms. The smallest absolute Gasteiger partial charge is 0.0464 e.